The first-order valence-corrected chi connectivity index (χ1v) is 10.2. The van der Waals surface area contributed by atoms with Crippen molar-refractivity contribution in [3.8, 4) is 0 Å². The number of nitrogens with one attached hydrogen (secondary N) is 2. The van der Waals surface area contributed by atoms with Crippen molar-refractivity contribution in [2.75, 3.05) is 13.7 Å². The average Bonchev–Trinajstić information content (AvgIpc) is 2.79. The highest BCUT2D eigenvalue weighted by Crippen LogP contribution is 2.28. The molecule has 0 saturated heterocycles. The summed E-state index contributed by atoms with van der Waals surface area (Å²) in [7, 11) is 1.16. The number of carbonyl (C=O) groups excluding carboxylic acids is 2. The van der Waals surface area contributed by atoms with Crippen LogP contribution in [0.15, 0.2) is 60.7 Å². The van der Waals surface area contributed by atoms with E-state index in [0.717, 1.165) is 7.11 Å². The first-order chi connectivity index (χ1) is 15.4. The summed E-state index contributed by atoms with van der Waals surface area (Å²) in [5.74, 6) is -2.82. The molecule has 32 heavy (non-hydrogen) atoms. The molecule has 9 heteroatoms. The Kier molecular flexibility index (Phi) is 9.62. The smallest absolute Gasteiger partial charge is 0.407 e. The van der Waals surface area contributed by atoms with E-state index >= 15 is 0 Å². The Hall–Kier alpha value is -3.46. The molecule has 0 radical (unpaired) electrons. The van der Waals surface area contributed by atoms with Crippen molar-refractivity contribution in [3.05, 3.63) is 71.8 Å². The minimum atomic E-state index is -1.49. The van der Waals surface area contributed by atoms with E-state index in [1.807, 2.05) is 12.1 Å². The van der Waals surface area contributed by atoms with Crippen molar-refractivity contribution >= 4 is 18.0 Å². The number of carbonyl (C=O) groups is 3. The van der Waals surface area contributed by atoms with Crippen LogP contribution >= 0.6 is 0 Å². The second-order valence-electron chi connectivity index (χ2n) is 7.22. The van der Waals surface area contributed by atoms with Crippen LogP contribution in [0.4, 0.5) is 9.18 Å². The van der Waals surface area contributed by atoms with Crippen molar-refractivity contribution in [2.24, 2.45) is 5.73 Å². The number of alkyl halides is 1. The largest absolute Gasteiger partial charge is 0.480 e. The maximum absolute atomic E-state index is 14.0. The van der Waals surface area contributed by atoms with Crippen LogP contribution in [-0.4, -0.2) is 55.0 Å². The lowest BCUT2D eigenvalue weighted by molar-refractivity contribution is -0.142. The third kappa shape index (κ3) is 7.05. The highest BCUT2D eigenvalue weighted by Gasteiger charge is 2.35. The third-order valence-electron chi connectivity index (χ3n) is 4.98. The summed E-state index contributed by atoms with van der Waals surface area (Å²) in [6, 6.07) is 15.3. The van der Waals surface area contributed by atoms with E-state index in [2.05, 4.69) is 15.4 Å². The number of rotatable bonds is 11. The lowest BCUT2D eigenvalue weighted by Gasteiger charge is -2.29. The second-order valence-corrected chi connectivity index (χ2v) is 7.22. The third-order valence-corrected chi connectivity index (χ3v) is 4.98. The lowest BCUT2D eigenvalue weighted by Crippen LogP contribution is -2.54. The van der Waals surface area contributed by atoms with Gasteiger partial charge in [0.2, 0.25) is 5.91 Å². The molecule has 5 N–H and O–H groups in total. The van der Waals surface area contributed by atoms with Gasteiger partial charge in [0.05, 0.1) is 7.11 Å². The maximum Gasteiger partial charge on any atom is 0.407 e. The monoisotopic (exact) mass is 445 g/mol. The molecule has 2 amide bonds. The van der Waals surface area contributed by atoms with Gasteiger partial charge in [-0.05, 0) is 24.1 Å². The lowest BCUT2D eigenvalue weighted by atomic mass is 9.84. The molecule has 172 valence electrons. The van der Waals surface area contributed by atoms with Gasteiger partial charge in [0, 0.05) is 12.3 Å². The van der Waals surface area contributed by atoms with Crippen LogP contribution in [0.25, 0.3) is 0 Å². The number of hydrogen-bond donors (Lipinski definition) is 4. The molecule has 0 aliphatic rings. The predicted molar refractivity (Wildman–Crippen MR) is 117 cm³/mol. The molecule has 8 nitrogen and oxygen atoms in total. The zero-order chi connectivity index (χ0) is 23.5. The number of benzene rings is 2. The minimum absolute atomic E-state index is 0.0276. The molecule has 0 heterocycles. The van der Waals surface area contributed by atoms with Crippen molar-refractivity contribution in [1.29, 1.82) is 0 Å². The van der Waals surface area contributed by atoms with Gasteiger partial charge in [-0.2, -0.15) is 0 Å². The predicted octanol–water partition coefficient (Wildman–Crippen LogP) is 2.19. The number of carboxylic acids is 1. The summed E-state index contributed by atoms with van der Waals surface area (Å²) in [6.07, 6.45) is -2.82. The SMILES string of the molecule is COC(=O)N[C@H](C(=O)N[C@@H](CC(F)CCN)C(=O)O)C(c1ccccc1)c1ccccc1. The first kappa shape index (κ1) is 24.8. The minimum Gasteiger partial charge on any atom is -0.480 e. The van der Waals surface area contributed by atoms with Gasteiger partial charge in [0.25, 0.3) is 0 Å². The summed E-state index contributed by atoms with van der Waals surface area (Å²) in [6.45, 7) is 0.0536. The Labute approximate surface area is 186 Å². The fourth-order valence-corrected chi connectivity index (χ4v) is 3.42. The van der Waals surface area contributed by atoms with Gasteiger partial charge in [-0.1, -0.05) is 60.7 Å². The van der Waals surface area contributed by atoms with Gasteiger partial charge in [0.15, 0.2) is 0 Å². The number of nitrogens with two attached hydrogens (primary N) is 1. The van der Waals surface area contributed by atoms with E-state index in [9.17, 15) is 23.9 Å². The van der Waals surface area contributed by atoms with E-state index in [4.69, 9.17) is 5.73 Å². The van der Waals surface area contributed by atoms with E-state index in [-0.39, 0.29) is 13.0 Å². The average molecular weight is 445 g/mol. The molecule has 0 saturated carbocycles. The number of amides is 2. The number of methoxy groups -OCH3 is 1. The summed E-state index contributed by atoms with van der Waals surface area (Å²) in [4.78, 5) is 37.0. The number of ether oxygens (including phenoxy) is 1. The normalized spacial score (nSPS) is 13.6. The number of alkyl carbamates (subject to hydrolysis) is 1. The fraction of sp³-hybridized carbons (Fsp3) is 0.348. The number of carboxylic acid groups (broad SMARTS) is 1. The van der Waals surface area contributed by atoms with Gasteiger partial charge in [-0.15, -0.1) is 0 Å². The van der Waals surface area contributed by atoms with E-state index in [1.54, 1.807) is 48.5 Å². The summed E-state index contributed by atoms with van der Waals surface area (Å²) < 4.78 is 18.7. The van der Waals surface area contributed by atoms with Crippen molar-refractivity contribution in [2.45, 2.75) is 37.0 Å². The van der Waals surface area contributed by atoms with Crippen LogP contribution in [0.5, 0.6) is 0 Å². The standard InChI is InChI=1S/C23H28FN3O5/c1-32-23(31)27-20(21(28)26-18(22(29)30)14-17(24)12-13-25)19(15-8-4-2-5-9-15)16-10-6-3-7-11-16/h2-11,17-20H,12-14,25H2,1H3,(H,26,28)(H,27,31)(H,29,30)/t17?,18-,20-/m0/s1. The fourth-order valence-electron chi connectivity index (χ4n) is 3.42. The van der Waals surface area contributed by atoms with Crippen molar-refractivity contribution in [3.63, 3.8) is 0 Å². The quantitative estimate of drug-likeness (QED) is 0.419. The zero-order valence-corrected chi connectivity index (χ0v) is 17.7. The molecular formula is C23H28FN3O5. The zero-order valence-electron chi connectivity index (χ0n) is 17.7. The Bertz CT molecular complexity index is 842. The number of aliphatic carboxylic acids is 1. The molecular weight excluding hydrogens is 417 g/mol. The van der Waals surface area contributed by atoms with Crippen LogP contribution < -0.4 is 16.4 Å². The molecule has 1 unspecified atom stereocenters. The Morgan fingerprint density at radius 3 is 1.97 bits per heavy atom. The van der Waals surface area contributed by atoms with Gasteiger partial charge in [-0.25, -0.2) is 14.0 Å². The Morgan fingerprint density at radius 2 is 1.53 bits per heavy atom. The molecule has 0 bridgehead atoms. The van der Waals surface area contributed by atoms with Gasteiger partial charge in [0.1, 0.15) is 18.3 Å². The summed E-state index contributed by atoms with van der Waals surface area (Å²) >= 11 is 0. The summed E-state index contributed by atoms with van der Waals surface area (Å²) in [5, 5.41) is 14.4. The topological polar surface area (TPSA) is 131 Å². The molecule has 3 atom stereocenters. The maximum atomic E-state index is 14.0. The molecule has 0 aliphatic carbocycles. The highest BCUT2D eigenvalue weighted by atomic mass is 19.1. The molecule has 0 aromatic heterocycles. The van der Waals surface area contributed by atoms with E-state index in [0.29, 0.717) is 11.1 Å². The van der Waals surface area contributed by atoms with Crippen molar-refractivity contribution < 1.29 is 28.6 Å². The number of halogens is 1. The van der Waals surface area contributed by atoms with Crippen LogP contribution in [0.1, 0.15) is 29.9 Å². The van der Waals surface area contributed by atoms with Crippen molar-refractivity contribution in [1.82, 2.24) is 10.6 Å². The molecule has 0 spiro atoms. The second kappa shape index (κ2) is 12.4. The Balaban J connectivity index is 2.42. The van der Waals surface area contributed by atoms with E-state index in [1.165, 1.54) is 0 Å². The highest BCUT2D eigenvalue weighted by molar-refractivity contribution is 5.90. The summed E-state index contributed by atoms with van der Waals surface area (Å²) in [5.41, 5.74) is 6.77. The van der Waals surface area contributed by atoms with Gasteiger partial charge < -0.3 is 26.2 Å². The van der Waals surface area contributed by atoms with E-state index < -0.39 is 48.6 Å². The molecule has 0 fully saturated rings. The van der Waals surface area contributed by atoms with Gasteiger partial charge >= 0.3 is 12.1 Å². The molecule has 2 aromatic carbocycles. The first-order valence-electron chi connectivity index (χ1n) is 10.2. The van der Waals surface area contributed by atoms with Gasteiger partial charge in [-0.3, -0.25) is 4.79 Å². The van der Waals surface area contributed by atoms with Crippen LogP contribution in [0.2, 0.25) is 0 Å². The van der Waals surface area contributed by atoms with Crippen LogP contribution in [0.3, 0.4) is 0 Å². The molecule has 2 rings (SSSR count). The van der Waals surface area contributed by atoms with Crippen LogP contribution in [-0.2, 0) is 14.3 Å². The molecule has 2 aromatic rings. The Morgan fingerprint density at radius 1 is 1.00 bits per heavy atom. The van der Waals surface area contributed by atoms with Crippen LogP contribution in [0, 0.1) is 0 Å². The number of hydrogen-bond acceptors (Lipinski definition) is 5. The molecule has 0 aliphatic heterocycles.